The Hall–Kier alpha value is -4.83. The van der Waals surface area contributed by atoms with Crippen LogP contribution in [0.2, 0.25) is 0 Å². The van der Waals surface area contributed by atoms with Gasteiger partial charge in [-0.3, -0.25) is 9.59 Å². The highest BCUT2D eigenvalue weighted by atomic mass is 19.1. The zero-order valence-electron chi connectivity index (χ0n) is 23.0. The van der Waals surface area contributed by atoms with Crippen LogP contribution in [0.15, 0.2) is 72.8 Å². The number of aryl methyl sites for hydroxylation is 1. The highest BCUT2D eigenvalue weighted by molar-refractivity contribution is 6.10. The Morgan fingerprint density at radius 2 is 1.62 bits per heavy atom. The second-order valence-corrected chi connectivity index (χ2v) is 10.3. The normalized spacial score (nSPS) is 16.4. The molecule has 3 aromatic carbocycles. The highest BCUT2D eigenvalue weighted by Crippen LogP contribution is 2.39. The van der Waals surface area contributed by atoms with Gasteiger partial charge in [-0.15, -0.1) is 0 Å². The third-order valence-corrected chi connectivity index (χ3v) is 7.42. The number of hydrogen-bond acceptors (Lipinski definition) is 8. The molecule has 42 heavy (non-hydrogen) atoms. The number of benzene rings is 3. The third kappa shape index (κ3) is 6.39. The van der Waals surface area contributed by atoms with Gasteiger partial charge in [0.15, 0.2) is 17.3 Å². The molecular formula is C32H30FN3O6. The second-order valence-electron chi connectivity index (χ2n) is 10.3. The van der Waals surface area contributed by atoms with Gasteiger partial charge in [-0.05, 0) is 86.9 Å². The number of anilines is 2. The Kier molecular flexibility index (Phi) is 8.44. The minimum Gasteiger partial charge on any atom is -0.418 e. The molecule has 1 saturated heterocycles. The summed E-state index contributed by atoms with van der Waals surface area (Å²) in [6.45, 7) is 4.05. The van der Waals surface area contributed by atoms with Gasteiger partial charge in [-0.2, -0.15) is 0 Å². The average Bonchev–Trinajstić information content (AvgIpc) is 2.97. The van der Waals surface area contributed by atoms with Crippen molar-refractivity contribution in [1.29, 1.82) is 0 Å². The van der Waals surface area contributed by atoms with Crippen LogP contribution in [0.4, 0.5) is 15.8 Å². The van der Waals surface area contributed by atoms with Crippen LogP contribution in [-0.4, -0.2) is 54.7 Å². The maximum Gasteiger partial charge on any atom is 0.336 e. The fraction of sp³-hybridized carbons (Fsp3) is 0.250. The first-order valence-electron chi connectivity index (χ1n) is 13.6. The standard InChI is InChI=1S/C32H30FN3O6/c1-20-3-2-4-24(19-20)36(18-17-35-15-13-22(14-16-35)29(39)21-5-7-23(33)8-6-21)32(40)25-9-10-26(34)31-30(25)41-27(37)11-12-28(38)42-31/h2-12,19,22H,13-18,34H2,1H3/b12-11+. The molecule has 2 heterocycles. The molecule has 0 atom stereocenters. The fourth-order valence-corrected chi connectivity index (χ4v) is 5.16. The van der Waals surface area contributed by atoms with Crippen molar-refractivity contribution in [3.63, 3.8) is 0 Å². The van der Waals surface area contributed by atoms with Crippen LogP contribution in [0, 0.1) is 18.7 Å². The van der Waals surface area contributed by atoms with Gasteiger partial charge in [0.25, 0.3) is 5.91 Å². The van der Waals surface area contributed by atoms with Gasteiger partial charge in [0.2, 0.25) is 0 Å². The number of Topliss-reactive ketones (excluding diaryl/α,β-unsaturated/α-hetero) is 1. The number of ether oxygens (including phenoxy) is 2. The molecule has 2 aliphatic heterocycles. The largest absolute Gasteiger partial charge is 0.418 e. The van der Waals surface area contributed by atoms with Crippen molar-refractivity contribution in [3.05, 3.63) is 95.3 Å². The van der Waals surface area contributed by atoms with E-state index in [1.807, 2.05) is 31.2 Å². The number of nitrogens with two attached hydrogens (primary N) is 1. The number of fused-ring (bicyclic) bond motifs is 1. The van der Waals surface area contributed by atoms with Crippen LogP contribution in [0.1, 0.15) is 39.1 Å². The van der Waals surface area contributed by atoms with E-state index in [-0.39, 0.29) is 40.3 Å². The molecule has 10 heteroatoms. The van der Waals surface area contributed by atoms with Gasteiger partial charge in [-0.25, -0.2) is 14.0 Å². The molecule has 0 spiro atoms. The molecular weight excluding hydrogens is 541 g/mol. The Bertz CT molecular complexity index is 1560. The minimum absolute atomic E-state index is 0.0103. The van der Waals surface area contributed by atoms with Crippen molar-refractivity contribution < 1.29 is 33.0 Å². The number of halogens is 1. The number of ketones is 1. The molecule has 0 aliphatic carbocycles. The van der Waals surface area contributed by atoms with Gasteiger partial charge in [0.1, 0.15) is 5.82 Å². The highest BCUT2D eigenvalue weighted by Gasteiger charge is 2.30. The number of carbonyl (C=O) groups is 4. The predicted octanol–water partition coefficient (Wildman–Crippen LogP) is 4.34. The number of nitrogens with zero attached hydrogens (tertiary/aromatic N) is 2. The van der Waals surface area contributed by atoms with E-state index in [4.69, 9.17) is 15.2 Å². The molecule has 216 valence electrons. The fourth-order valence-electron chi connectivity index (χ4n) is 5.16. The van der Waals surface area contributed by atoms with Crippen molar-refractivity contribution in [1.82, 2.24) is 4.90 Å². The molecule has 2 N–H and O–H groups in total. The summed E-state index contributed by atoms with van der Waals surface area (Å²) in [5.74, 6) is -3.06. The van der Waals surface area contributed by atoms with E-state index < -0.39 is 17.8 Å². The van der Waals surface area contributed by atoms with E-state index in [1.165, 1.54) is 36.4 Å². The first-order valence-corrected chi connectivity index (χ1v) is 13.6. The smallest absolute Gasteiger partial charge is 0.336 e. The van der Waals surface area contributed by atoms with Crippen LogP contribution in [-0.2, 0) is 9.59 Å². The van der Waals surface area contributed by atoms with Gasteiger partial charge >= 0.3 is 11.9 Å². The van der Waals surface area contributed by atoms with Crippen LogP contribution < -0.4 is 20.1 Å². The lowest BCUT2D eigenvalue weighted by atomic mass is 9.89. The molecule has 3 aromatic rings. The molecule has 2 aliphatic rings. The van der Waals surface area contributed by atoms with Crippen LogP contribution in [0.5, 0.6) is 11.5 Å². The lowest BCUT2D eigenvalue weighted by molar-refractivity contribution is -0.133. The first kappa shape index (κ1) is 28.7. The number of amides is 1. The van der Waals surface area contributed by atoms with Gasteiger partial charge in [-0.1, -0.05) is 12.1 Å². The van der Waals surface area contributed by atoms with E-state index in [0.717, 1.165) is 17.7 Å². The van der Waals surface area contributed by atoms with E-state index in [9.17, 15) is 23.6 Å². The summed E-state index contributed by atoms with van der Waals surface area (Å²) in [7, 11) is 0. The van der Waals surface area contributed by atoms with E-state index in [2.05, 4.69) is 4.90 Å². The molecule has 0 saturated carbocycles. The molecule has 0 aromatic heterocycles. The topological polar surface area (TPSA) is 119 Å². The van der Waals surface area contributed by atoms with Crippen molar-refractivity contribution >= 4 is 35.0 Å². The summed E-state index contributed by atoms with van der Waals surface area (Å²) in [6.07, 6.45) is 3.14. The zero-order valence-corrected chi connectivity index (χ0v) is 23.0. The molecule has 1 amide bonds. The SMILES string of the molecule is Cc1cccc(N(CCN2CCC(C(=O)c3ccc(F)cc3)CC2)C(=O)c2ccc(N)c3c2OC(=O)/C=C/C(=O)O3)c1. The maximum absolute atomic E-state index is 14.1. The summed E-state index contributed by atoms with van der Waals surface area (Å²) in [5, 5.41) is 0. The molecule has 9 nitrogen and oxygen atoms in total. The van der Waals surface area contributed by atoms with E-state index in [0.29, 0.717) is 50.3 Å². The van der Waals surface area contributed by atoms with Crippen LogP contribution in [0.25, 0.3) is 0 Å². The first-order chi connectivity index (χ1) is 20.2. The van der Waals surface area contributed by atoms with Gasteiger partial charge in [0, 0.05) is 42.4 Å². The molecule has 1 fully saturated rings. The monoisotopic (exact) mass is 571 g/mol. The van der Waals surface area contributed by atoms with Crippen LogP contribution >= 0.6 is 0 Å². The van der Waals surface area contributed by atoms with Crippen LogP contribution in [0.3, 0.4) is 0 Å². The number of esters is 2. The lowest BCUT2D eigenvalue weighted by Crippen LogP contribution is -2.43. The quantitative estimate of drug-likeness (QED) is 0.193. The Balaban J connectivity index is 1.34. The number of nitrogen functional groups attached to an aromatic ring is 1. The summed E-state index contributed by atoms with van der Waals surface area (Å²) in [5.41, 5.74) is 8.16. The third-order valence-electron chi connectivity index (χ3n) is 7.42. The molecule has 0 bridgehead atoms. The van der Waals surface area contributed by atoms with Crippen molar-refractivity contribution in [2.75, 3.05) is 36.8 Å². The number of likely N-dealkylation sites (tertiary alicyclic amines) is 1. The van der Waals surface area contributed by atoms with Crippen molar-refractivity contribution in [2.45, 2.75) is 19.8 Å². The molecule has 0 unspecified atom stereocenters. The Morgan fingerprint density at radius 1 is 0.952 bits per heavy atom. The van der Waals surface area contributed by atoms with Crippen molar-refractivity contribution in [2.24, 2.45) is 5.92 Å². The minimum atomic E-state index is -0.840. The summed E-state index contributed by atoms with van der Waals surface area (Å²) < 4.78 is 24.0. The summed E-state index contributed by atoms with van der Waals surface area (Å²) in [6, 6.07) is 15.9. The van der Waals surface area contributed by atoms with E-state index >= 15 is 0 Å². The Labute approximate surface area is 242 Å². The van der Waals surface area contributed by atoms with Gasteiger partial charge in [0.05, 0.1) is 11.3 Å². The number of carbonyl (C=O) groups excluding carboxylic acids is 4. The summed E-state index contributed by atoms with van der Waals surface area (Å²) in [4.78, 5) is 55.1. The zero-order chi connectivity index (χ0) is 29.8. The number of piperidine rings is 1. The number of rotatable bonds is 7. The Morgan fingerprint density at radius 3 is 2.29 bits per heavy atom. The average molecular weight is 572 g/mol. The van der Waals surface area contributed by atoms with Gasteiger partial charge < -0.3 is 25.0 Å². The lowest BCUT2D eigenvalue weighted by Gasteiger charge is -2.33. The van der Waals surface area contributed by atoms with E-state index in [1.54, 1.807) is 4.90 Å². The second kappa shape index (κ2) is 12.4. The molecule has 5 rings (SSSR count). The van der Waals surface area contributed by atoms with Crippen molar-refractivity contribution in [3.8, 4) is 11.5 Å². The summed E-state index contributed by atoms with van der Waals surface area (Å²) >= 11 is 0. The number of hydrogen-bond donors (Lipinski definition) is 1. The predicted molar refractivity (Wildman–Crippen MR) is 154 cm³/mol. The molecule has 0 radical (unpaired) electrons. The maximum atomic E-state index is 14.1.